The molecule has 1 saturated heterocycles. The number of hydrogen-bond donors (Lipinski definition) is 1. The van der Waals surface area contributed by atoms with Crippen molar-refractivity contribution in [2.75, 3.05) is 26.9 Å². The lowest BCUT2D eigenvalue weighted by Crippen LogP contribution is -2.22. The van der Waals surface area contributed by atoms with E-state index in [-0.39, 0.29) is 5.97 Å². The summed E-state index contributed by atoms with van der Waals surface area (Å²) in [5, 5.41) is 3.29. The van der Waals surface area contributed by atoms with Crippen LogP contribution in [-0.2, 0) is 16.0 Å². The number of esters is 1. The SMILES string of the molecule is COC(=O)c1coc(CNCC2CCOC2)c1. The van der Waals surface area contributed by atoms with Crippen molar-refractivity contribution in [3.05, 3.63) is 23.7 Å². The maximum Gasteiger partial charge on any atom is 0.341 e. The van der Waals surface area contributed by atoms with Crippen molar-refractivity contribution < 1.29 is 18.7 Å². The van der Waals surface area contributed by atoms with E-state index in [9.17, 15) is 4.79 Å². The van der Waals surface area contributed by atoms with Crippen molar-refractivity contribution in [3.8, 4) is 0 Å². The summed E-state index contributed by atoms with van der Waals surface area (Å²) in [7, 11) is 1.35. The fourth-order valence-electron chi connectivity index (χ4n) is 1.84. The van der Waals surface area contributed by atoms with Crippen molar-refractivity contribution in [1.82, 2.24) is 5.32 Å². The number of nitrogens with one attached hydrogen (secondary N) is 1. The van der Waals surface area contributed by atoms with E-state index >= 15 is 0 Å². The fourth-order valence-corrected chi connectivity index (χ4v) is 1.84. The number of carbonyl (C=O) groups excluding carboxylic acids is 1. The van der Waals surface area contributed by atoms with Crippen LogP contribution in [-0.4, -0.2) is 32.8 Å². The zero-order valence-corrected chi connectivity index (χ0v) is 9.90. The highest BCUT2D eigenvalue weighted by Crippen LogP contribution is 2.12. The van der Waals surface area contributed by atoms with Gasteiger partial charge in [0.2, 0.25) is 0 Å². The molecule has 1 unspecified atom stereocenters. The number of furan rings is 1. The summed E-state index contributed by atoms with van der Waals surface area (Å²) >= 11 is 0. The maximum absolute atomic E-state index is 11.2. The van der Waals surface area contributed by atoms with E-state index in [4.69, 9.17) is 9.15 Å². The molecule has 0 spiro atoms. The lowest BCUT2D eigenvalue weighted by Gasteiger charge is -2.07. The van der Waals surface area contributed by atoms with Crippen LogP contribution < -0.4 is 5.32 Å². The molecule has 1 atom stereocenters. The van der Waals surface area contributed by atoms with E-state index in [1.165, 1.54) is 13.4 Å². The van der Waals surface area contributed by atoms with Gasteiger partial charge in [-0.1, -0.05) is 0 Å². The molecule has 0 aromatic carbocycles. The van der Waals surface area contributed by atoms with Crippen LogP contribution in [0, 0.1) is 5.92 Å². The number of hydrogen-bond acceptors (Lipinski definition) is 5. The summed E-state index contributed by atoms with van der Waals surface area (Å²) in [4.78, 5) is 11.2. The van der Waals surface area contributed by atoms with Crippen LogP contribution in [0.5, 0.6) is 0 Å². The number of carbonyl (C=O) groups is 1. The van der Waals surface area contributed by atoms with Crippen LogP contribution >= 0.6 is 0 Å². The van der Waals surface area contributed by atoms with Gasteiger partial charge in [-0.3, -0.25) is 0 Å². The van der Waals surface area contributed by atoms with E-state index in [0.717, 1.165) is 31.9 Å². The first kappa shape index (κ1) is 12.1. The van der Waals surface area contributed by atoms with E-state index in [1.807, 2.05) is 0 Å². The number of rotatable bonds is 5. The number of methoxy groups -OCH3 is 1. The predicted molar refractivity (Wildman–Crippen MR) is 60.7 cm³/mol. The zero-order valence-electron chi connectivity index (χ0n) is 9.90. The van der Waals surface area contributed by atoms with Gasteiger partial charge in [-0.15, -0.1) is 0 Å². The minimum Gasteiger partial charge on any atom is -0.467 e. The molecule has 1 aromatic rings. The molecular formula is C12H17NO4. The first-order valence-electron chi connectivity index (χ1n) is 5.74. The van der Waals surface area contributed by atoms with Crippen LogP contribution in [0.15, 0.2) is 16.7 Å². The Bertz CT molecular complexity index is 368. The lowest BCUT2D eigenvalue weighted by atomic mass is 10.1. The zero-order chi connectivity index (χ0) is 12.1. The largest absolute Gasteiger partial charge is 0.467 e. The second-order valence-corrected chi connectivity index (χ2v) is 4.15. The van der Waals surface area contributed by atoms with E-state index in [1.54, 1.807) is 6.07 Å². The normalized spacial score (nSPS) is 19.5. The Kier molecular flexibility index (Phi) is 4.17. The third-order valence-corrected chi connectivity index (χ3v) is 2.83. The molecular weight excluding hydrogens is 222 g/mol. The van der Waals surface area contributed by atoms with Gasteiger partial charge in [-0.25, -0.2) is 4.79 Å². The van der Waals surface area contributed by atoms with E-state index < -0.39 is 0 Å². The minimum absolute atomic E-state index is 0.371. The summed E-state index contributed by atoms with van der Waals surface area (Å²) in [6, 6.07) is 1.70. The molecule has 0 bridgehead atoms. The smallest absolute Gasteiger partial charge is 0.341 e. The Labute approximate surface area is 100 Å². The topological polar surface area (TPSA) is 60.7 Å². The number of ether oxygens (including phenoxy) is 2. The van der Waals surface area contributed by atoms with Crippen LogP contribution in [0.2, 0.25) is 0 Å². The standard InChI is InChI=1S/C12H17NO4/c1-15-12(14)10-4-11(17-8-10)6-13-5-9-2-3-16-7-9/h4,8-9,13H,2-3,5-7H2,1H3. The molecule has 0 amide bonds. The lowest BCUT2D eigenvalue weighted by molar-refractivity contribution is 0.0600. The summed E-state index contributed by atoms with van der Waals surface area (Å²) < 4.78 is 15.1. The Hall–Kier alpha value is -1.33. The molecule has 2 heterocycles. The molecule has 0 aliphatic carbocycles. The Balaban J connectivity index is 1.74. The van der Waals surface area contributed by atoms with E-state index in [0.29, 0.717) is 18.0 Å². The summed E-state index contributed by atoms with van der Waals surface area (Å²) in [6.07, 6.45) is 2.53. The van der Waals surface area contributed by atoms with Crippen LogP contribution in [0.25, 0.3) is 0 Å². The Morgan fingerprint density at radius 3 is 3.24 bits per heavy atom. The first-order chi connectivity index (χ1) is 8.29. The molecule has 1 aliphatic heterocycles. The minimum atomic E-state index is -0.371. The van der Waals surface area contributed by atoms with Gasteiger partial charge >= 0.3 is 5.97 Å². The first-order valence-corrected chi connectivity index (χ1v) is 5.74. The van der Waals surface area contributed by atoms with Crippen molar-refractivity contribution >= 4 is 5.97 Å². The highest BCUT2D eigenvalue weighted by molar-refractivity contribution is 5.88. The van der Waals surface area contributed by atoms with Gasteiger partial charge in [0.05, 0.1) is 25.8 Å². The maximum atomic E-state index is 11.2. The average molecular weight is 239 g/mol. The van der Waals surface area contributed by atoms with E-state index in [2.05, 4.69) is 10.1 Å². The van der Waals surface area contributed by atoms with Crippen molar-refractivity contribution in [2.24, 2.45) is 5.92 Å². The van der Waals surface area contributed by atoms with Gasteiger partial charge in [0.25, 0.3) is 0 Å². The van der Waals surface area contributed by atoms with Crippen molar-refractivity contribution in [3.63, 3.8) is 0 Å². The molecule has 2 rings (SSSR count). The van der Waals surface area contributed by atoms with Crippen molar-refractivity contribution in [2.45, 2.75) is 13.0 Å². The van der Waals surface area contributed by atoms with Gasteiger partial charge < -0.3 is 19.2 Å². The molecule has 0 radical (unpaired) electrons. The van der Waals surface area contributed by atoms with Crippen LogP contribution in [0.4, 0.5) is 0 Å². The molecule has 5 heteroatoms. The van der Waals surface area contributed by atoms with Crippen molar-refractivity contribution in [1.29, 1.82) is 0 Å². The molecule has 1 aliphatic rings. The Morgan fingerprint density at radius 1 is 1.65 bits per heavy atom. The second kappa shape index (κ2) is 5.84. The van der Waals surface area contributed by atoms with Gasteiger partial charge in [0.1, 0.15) is 12.0 Å². The summed E-state index contributed by atoms with van der Waals surface area (Å²) in [5.74, 6) is 0.957. The monoisotopic (exact) mass is 239 g/mol. The van der Waals surface area contributed by atoms with Crippen LogP contribution in [0.3, 0.4) is 0 Å². The second-order valence-electron chi connectivity index (χ2n) is 4.15. The fraction of sp³-hybridized carbons (Fsp3) is 0.583. The average Bonchev–Trinajstić information content (AvgIpc) is 2.99. The van der Waals surface area contributed by atoms with Gasteiger partial charge in [0, 0.05) is 13.2 Å². The summed E-state index contributed by atoms with van der Waals surface area (Å²) in [6.45, 7) is 3.22. The molecule has 17 heavy (non-hydrogen) atoms. The molecule has 94 valence electrons. The highest BCUT2D eigenvalue weighted by atomic mass is 16.5. The quantitative estimate of drug-likeness (QED) is 0.782. The van der Waals surface area contributed by atoms with Gasteiger partial charge in [0.15, 0.2) is 0 Å². The summed E-state index contributed by atoms with van der Waals surface area (Å²) in [5.41, 5.74) is 0.452. The third kappa shape index (κ3) is 3.31. The molecule has 0 saturated carbocycles. The molecule has 1 N–H and O–H groups in total. The molecule has 5 nitrogen and oxygen atoms in total. The highest BCUT2D eigenvalue weighted by Gasteiger charge is 2.15. The third-order valence-electron chi connectivity index (χ3n) is 2.83. The predicted octanol–water partition coefficient (Wildman–Crippen LogP) is 1.19. The molecule has 1 aromatic heterocycles. The molecule has 1 fully saturated rings. The van der Waals surface area contributed by atoms with Gasteiger partial charge in [-0.05, 0) is 18.4 Å². The Morgan fingerprint density at radius 2 is 2.53 bits per heavy atom. The van der Waals surface area contributed by atoms with Crippen LogP contribution in [0.1, 0.15) is 22.5 Å². The van der Waals surface area contributed by atoms with Gasteiger partial charge in [-0.2, -0.15) is 0 Å².